The Bertz CT molecular complexity index is 774. The molecule has 1 aliphatic heterocycles. The minimum Gasteiger partial charge on any atom is -0.350 e. The van der Waals surface area contributed by atoms with E-state index in [9.17, 15) is 18.8 Å². The average molecular weight is 342 g/mol. The van der Waals surface area contributed by atoms with E-state index >= 15 is 0 Å². The van der Waals surface area contributed by atoms with E-state index in [0.29, 0.717) is 5.56 Å². The number of allylic oxidation sites excluding steroid dienone is 2. The molecule has 130 valence electrons. The van der Waals surface area contributed by atoms with Gasteiger partial charge in [0, 0.05) is 18.7 Å². The molecule has 4 atom stereocenters. The van der Waals surface area contributed by atoms with E-state index in [-0.39, 0.29) is 54.1 Å². The predicted octanol–water partition coefficient (Wildman–Crippen LogP) is 1.67. The standard InChI is InChI=1S/C19H19FN2O3/c1-10-2-3-13(9-14(10)20)17(23)21-6-7-22-18(24)15-11-4-5-12(8-11)16(15)19(22)25/h2-5,9,11-12,15-16H,6-8H2,1H3,(H,21,23). The smallest absolute Gasteiger partial charge is 0.251 e. The summed E-state index contributed by atoms with van der Waals surface area (Å²) in [5.74, 6) is -1.17. The van der Waals surface area contributed by atoms with Gasteiger partial charge in [-0.1, -0.05) is 18.2 Å². The predicted molar refractivity (Wildman–Crippen MR) is 87.9 cm³/mol. The zero-order valence-electron chi connectivity index (χ0n) is 13.9. The van der Waals surface area contributed by atoms with Gasteiger partial charge < -0.3 is 5.32 Å². The van der Waals surface area contributed by atoms with Crippen LogP contribution in [0.2, 0.25) is 0 Å². The van der Waals surface area contributed by atoms with E-state index in [0.717, 1.165) is 6.42 Å². The first-order valence-corrected chi connectivity index (χ1v) is 8.55. The van der Waals surface area contributed by atoms with E-state index < -0.39 is 11.7 Å². The number of benzene rings is 1. The quantitative estimate of drug-likeness (QED) is 0.669. The molecule has 4 unspecified atom stereocenters. The van der Waals surface area contributed by atoms with Gasteiger partial charge in [0.2, 0.25) is 11.8 Å². The second-order valence-corrected chi connectivity index (χ2v) is 7.05. The minimum absolute atomic E-state index is 0.123. The Balaban J connectivity index is 1.36. The molecule has 1 aromatic rings. The number of aryl methyl sites for hydroxylation is 1. The normalized spacial score (nSPS) is 29.4. The SMILES string of the molecule is Cc1ccc(C(=O)NCCN2C(=O)C3C4C=CC(C4)C3C2=O)cc1F. The van der Waals surface area contributed by atoms with E-state index in [2.05, 4.69) is 5.32 Å². The molecular weight excluding hydrogens is 323 g/mol. The minimum atomic E-state index is -0.437. The Morgan fingerprint density at radius 2 is 1.84 bits per heavy atom. The maximum atomic E-state index is 13.5. The first-order valence-electron chi connectivity index (χ1n) is 8.55. The highest BCUT2D eigenvalue weighted by Gasteiger charge is 2.58. The number of imide groups is 1. The largest absolute Gasteiger partial charge is 0.350 e. The third-order valence-corrected chi connectivity index (χ3v) is 5.62. The molecule has 5 nitrogen and oxygen atoms in total. The van der Waals surface area contributed by atoms with Gasteiger partial charge in [0.15, 0.2) is 0 Å². The molecule has 0 aromatic heterocycles. The summed E-state index contributed by atoms with van der Waals surface area (Å²) in [6.07, 6.45) is 5.00. The maximum absolute atomic E-state index is 13.5. The van der Waals surface area contributed by atoms with Crippen LogP contribution in [0.1, 0.15) is 22.3 Å². The lowest BCUT2D eigenvalue weighted by molar-refractivity contribution is -0.140. The molecule has 1 saturated carbocycles. The number of nitrogens with zero attached hydrogens (tertiary/aromatic N) is 1. The van der Waals surface area contributed by atoms with Gasteiger partial charge in [0.05, 0.1) is 11.8 Å². The molecule has 25 heavy (non-hydrogen) atoms. The summed E-state index contributed by atoms with van der Waals surface area (Å²) < 4.78 is 13.5. The fourth-order valence-electron chi connectivity index (χ4n) is 4.30. The molecule has 1 aromatic carbocycles. The topological polar surface area (TPSA) is 66.5 Å². The van der Waals surface area contributed by atoms with Gasteiger partial charge in [-0.05, 0) is 42.9 Å². The molecule has 2 bridgehead atoms. The van der Waals surface area contributed by atoms with Crippen LogP contribution in [0, 0.1) is 36.4 Å². The van der Waals surface area contributed by atoms with Crippen molar-refractivity contribution in [3.63, 3.8) is 0 Å². The molecule has 3 amide bonds. The first kappa shape index (κ1) is 16.0. The van der Waals surface area contributed by atoms with Crippen molar-refractivity contribution in [2.75, 3.05) is 13.1 Å². The zero-order chi connectivity index (χ0) is 17.7. The van der Waals surface area contributed by atoms with E-state index in [1.54, 1.807) is 19.1 Å². The fourth-order valence-corrected chi connectivity index (χ4v) is 4.30. The number of rotatable bonds is 4. The first-order chi connectivity index (χ1) is 12.0. The van der Waals surface area contributed by atoms with Crippen molar-refractivity contribution in [2.45, 2.75) is 13.3 Å². The Morgan fingerprint density at radius 3 is 2.44 bits per heavy atom. The Hall–Kier alpha value is -2.50. The number of likely N-dealkylation sites (tertiary alicyclic amines) is 1. The van der Waals surface area contributed by atoms with Crippen molar-refractivity contribution < 1.29 is 18.8 Å². The van der Waals surface area contributed by atoms with Gasteiger partial charge in [0.1, 0.15) is 5.82 Å². The van der Waals surface area contributed by atoms with Crippen molar-refractivity contribution in [3.05, 3.63) is 47.3 Å². The summed E-state index contributed by atoms with van der Waals surface area (Å²) in [4.78, 5) is 38.4. The second-order valence-electron chi connectivity index (χ2n) is 7.05. The highest BCUT2D eigenvalue weighted by atomic mass is 19.1. The van der Waals surface area contributed by atoms with Gasteiger partial charge in [-0.2, -0.15) is 0 Å². The van der Waals surface area contributed by atoms with Crippen LogP contribution in [0.15, 0.2) is 30.4 Å². The third kappa shape index (κ3) is 2.47. The second kappa shape index (κ2) is 5.79. The average Bonchev–Trinajstić information content (AvgIpc) is 3.26. The van der Waals surface area contributed by atoms with Crippen molar-refractivity contribution in [1.82, 2.24) is 10.2 Å². The van der Waals surface area contributed by atoms with Gasteiger partial charge in [-0.25, -0.2) is 4.39 Å². The van der Waals surface area contributed by atoms with Gasteiger partial charge in [0.25, 0.3) is 5.91 Å². The molecule has 1 saturated heterocycles. The summed E-state index contributed by atoms with van der Waals surface area (Å²) in [5.41, 5.74) is 0.695. The molecular formula is C19H19FN2O3. The zero-order valence-corrected chi connectivity index (χ0v) is 13.9. The van der Waals surface area contributed by atoms with E-state index in [1.807, 2.05) is 12.2 Å². The number of hydrogen-bond acceptors (Lipinski definition) is 3. The lowest BCUT2D eigenvalue weighted by Gasteiger charge is -2.17. The van der Waals surface area contributed by atoms with Crippen LogP contribution in [0.25, 0.3) is 0 Å². The van der Waals surface area contributed by atoms with Crippen LogP contribution in [0.5, 0.6) is 0 Å². The molecule has 6 heteroatoms. The highest BCUT2D eigenvalue weighted by Crippen LogP contribution is 2.52. The number of fused-ring (bicyclic) bond motifs is 5. The Labute approximate surface area is 144 Å². The number of amides is 3. The molecule has 2 fully saturated rings. The monoisotopic (exact) mass is 342 g/mol. The number of nitrogens with one attached hydrogen (secondary N) is 1. The van der Waals surface area contributed by atoms with Gasteiger partial charge in [-0.3, -0.25) is 19.3 Å². The lowest BCUT2D eigenvalue weighted by atomic mass is 9.85. The van der Waals surface area contributed by atoms with Crippen molar-refractivity contribution >= 4 is 17.7 Å². The van der Waals surface area contributed by atoms with Gasteiger partial charge in [-0.15, -0.1) is 0 Å². The highest BCUT2D eigenvalue weighted by molar-refractivity contribution is 6.06. The molecule has 1 heterocycles. The molecule has 2 aliphatic carbocycles. The van der Waals surface area contributed by atoms with Crippen LogP contribution in [-0.2, 0) is 9.59 Å². The van der Waals surface area contributed by atoms with Crippen LogP contribution < -0.4 is 5.32 Å². The summed E-state index contributed by atoms with van der Waals surface area (Å²) in [7, 11) is 0. The lowest BCUT2D eigenvalue weighted by Crippen LogP contribution is -2.39. The molecule has 3 aliphatic rings. The van der Waals surface area contributed by atoms with Crippen LogP contribution in [0.3, 0.4) is 0 Å². The summed E-state index contributed by atoms with van der Waals surface area (Å²) >= 11 is 0. The number of hydrogen-bond donors (Lipinski definition) is 1. The maximum Gasteiger partial charge on any atom is 0.251 e. The van der Waals surface area contributed by atoms with E-state index in [1.165, 1.54) is 11.0 Å². The summed E-state index contributed by atoms with van der Waals surface area (Å²) in [6, 6.07) is 4.28. The summed E-state index contributed by atoms with van der Waals surface area (Å²) in [5, 5.41) is 2.65. The molecule has 1 N–H and O–H groups in total. The number of carbonyl (C=O) groups is 3. The van der Waals surface area contributed by atoms with Crippen LogP contribution in [0.4, 0.5) is 4.39 Å². The van der Waals surface area contributed by atoms with Crippen molar-refractivity contribution in [3.8, 4) is 0 Å². The summed E-state index contributed by atoms with van der Waals surface area (Å²) in [6.45, 7) is 1.94. The molecule has 0 spiro atoms. The number of halogens is 1. The molecule has 0 radical (unpaired) electrons. The number of carbonyl (C=O) groups excluding carboxylic acids is 3. The molecule has 4 rings (SSSR count). The van der Waals surface area contributed by atoms with Crippen LogP contribution >= 0.6 is 0 Å². The van der Waals surface area contributed by atoms with Gasteiger partial charge >= 0.3 is 0 Å². The van der Waals surface area contributed by atoms with Crippen molar-refractivity contribution in [1.29, 1.82) is 0 Å². The fraction of sp³-hybridized carbons (Fsp3) is 0.421. The Kier molecular flexibility index (Phi) is 3.71. The third-order valence-electron chi connectivity index (χ3n) is 5.62. The van der Waals surface area contributed by atoms with Crippen molar-refractivity contribution in [2.24, 2.45) is 23.7 Å². The van der Waals surface area contributed by atoms with E-state index in [4.69, 9.17) is 0 Å². The van der Waals surface area contributed by atoms with Crippen LogP contribution in [-0.4, -0.2) is 35.7 Å². The Morgan fingerprint density at radius 1 is 1.20 bits per heavy atom.